The molecule has 0 aromatic rings. The summed E-state index contributed by atoms with van der Waals surface area (Å²) in [6, 6.07) is 0. The molecular formula is C14H25F3N2O3. The van der Waals surface area contributed by atoms with E-state index in [1.54, 1.807) is 0 Å². The van der Waals surface area contributed by atoms with Gasteiger partial charge in [0.25, 0.3) is 0 Å². The number of carbonyl (C=O) groups excluding carboxylic acids is 2. The monoisotopic (exact) mass is 326 g/mol. The Bertz CT molecular complexity index is 388. The first-order valence-corrected chi connectivity index (χ1v) is 6.99. The van der Waals surface area contributed by atoms with Gasteiger partial charge in [-0.05, 0) is 25.7 Å². The summed E-state index contributed by atoms with van der Waals surface area (Å²) in [7, 11) is 0. The Labute approximate surface area is 129 Å². The molecule has 0 rings (SSSR count). The van der Waals surface area contributed by atoms with Crippen molar-refractivity contribution in [3.05, 3.63) is 0 Å². The molecule has 0 atom stereocenters. The zero-order valence-electron chi connectivity index (χ0n) is 13.7. The van der Waals surface area contributed by atoms with E-state index in [0.29, 0.717) is 0 Å². The molecule has 0 bridgehead atoms. The van der Waals surface area contributed by atoms with Gasteiger partial charge in [-0.3, -0.25) is 4.79 Å². The van der Waals surface area contributed by atoms with Gasteiger partial charge >= 0.3 is 12.3 Å². The second-order valence-electron chi connectivity index (χ2n) is 7.04. The Balaban J connectivity index is 4.02. The minimum atomic E-state index is -4.56. The van der Waals surface area contributed by atoms with Crippen molar-refractivity contribution in [3.8, 4) is 0 Å². The normalized spacial score (nSPS) is 12.7. The number of alkyl halides is 3. The quantitative estimate of drug-likeness (QED) is 0.788. The number of carbonyl (C=O) groups is 2. The van der Waals surface area contributed by atoms with E-state index in [4.69, 9.17) is 0 Å². The largest absolute Gasteiger partial charge is 0.440 e. The molecule has 0 aromatic carbocycles. The van der Waals surface area contributed by atoms with E-state index in [2.05, 4.69) is 36.1 Å². The molecule has 8 heteroatoms. The van der Waals surface area contributed by atoms with E-state index in [9.17, 15) is 22.8 Å². The summed E-state index contributed by atoms with van der Waals surface area (Å²) in [6.07, 6.45) is -5.04. The molecule has 22 heavy (non-hydrogen) atoms. The zero-order chi connectivity index (χ0) is 17.6. The molecule has 0 saturated heterocycles. The zero-order valence-corrected chi connectivity index (χ0v) is 13.7. The molecule has 0 spiro atoms. The Morgan fingerprint density at radius 1 is 1.05 bits per heavy atom. The van der Waals surface area contributed by atoms with Crippen molar-refractivity contribution in [2.75, 3.05) is 13.2 Å². The number of hydrogen-bond acceptors (Lipinski definition) is 3. The lowest BCUT2D eigenvalue weighted by molar-refractivity contribution is -0.160. The molecule has 0 heterocycles. The number of hydrogen-bond donors (Lipinski definition) is 2. The van der Waals surface area contributed by atoms with Crippen LogP contribution in [0, 0.1) is 5.41 Å². The molecule has 5 nitrogen and oxygen atoms in total. The van der Waals surface area contributed by atoms with Gasteiger partial charge in [0, 0.05) is 18.5 Å². The number of ether oxygens (including phenoxy) is 1. The Kier molecular flexibility index (Phi) is 7.18. The smallest absolute Gasteiger partial charge is 0.422 e. The summed E-state index contributed by atoms with van der Waals surface area (Å²) in [4.78, 5) is 22.7. The van der Waals surface area contributed by atoms with Crippen molar-refractivity contribution in [3.63, 3.8) is 0 Å². The average Bonchev–Trinajstić information content (AvgIpc) is 2.20. The molecule has 0 radical (unpaired) electrons. The van der Waals surface area contributed by atoms with E-state index in [1.165, 1.54) is 0 Å². The lowest BCUT2D eigenvalue weighted by Crippen LogP contribution is -2.46. The summed E-state index contributed by atoms with van der Waals surface area (Å²) >= 11 is 0. The summed E-state index contributed by atoms with van der Waals surface area (Å²) in [5.74, 6) is -0.287. The molecule has 2 N–H and O–H groups in total. The second kappa shape index (κ2) is 7.69. The molecule has 0 aliphatic rings. The minimum Gasteiger partial charge on any atom is -0.440 e. The molecule has 0 aliphatic heterocycles. The van der Waals surface area contributed by atoms with Gasteiger partial charge in [0.15, 0.2) is 6.61 Å². The number of amides is 2. The molecular weight excluding hydrogens is 301 g/mol. The van der Waals surface area contributed by atoms with Crippen LogP contribution in [-0.2, 0) is 9.53 Å². The van der Waals surface area contributed by atoms with Gasteiger partial charge in [-0.2, -0.15) is 13.2 Å². The van der Waals surface area contributed by atoms with Crippen LogP contribution in [0.2, 0.25) is 0 Å². The van der Waals surface area contributed by atoms with Crippen molar-refractivity contribution in [1.29, 1.82) is 0 Å². The summed E-state index contributed by atoms with van der Waals surface area (Å²) < 4.78 is 39.4. The highest BCUT2D eigenvalue weighted by atomic mass is 19.4. The maximum absolute atomic E-state index is 11.8. The van der Waals surface area contributed by atoms with E-state index < -0.39 is 24.4 Å². The van der Waals surface area contributed by atoms with Gasteiger partial charge < -0.3 is 15.4 Å². The molecule has 0 unspecified atom stereocenters. The molecule has 130 valence electrons. The lowest BCUT2D eigenvalue weighted by Gasteiger charge is -2.33. The van der Waals surface area contributed by atoms with Crippen LogP contribution in [0.4, 0.5) is 18.0 Å². The van der Waals surface area contributed by atoms with E-state index >= 15 is 0 Å². The topological polar surface area (TPSA) is 67.4 Å². The maximum Gasteiger partial charge on any atom is 0.422 e. The Morgan fingerprint density at radius 2 is 1.59 bits per heavy atom. The third kappa shape index (κ3) is 12.3. The van der Waals surface area contributed by atoms with Crippen LogP contribution >= 0.6 is 0 Å². The van der Waals surface area contributed by atoms with E-state index in [1.807, 2.05) is 13.8 Å². The first-order chi connectivity index (χ1) is 9.70. The van der Waals surface area contributed by atoms with Gasteiger partial charge in [-0.1, -0.05) is 20.8 Å². The van der Waals surface area contributed by atoms with Crippen molar-refractivity contribution in [2.24, 2.45) is 5.41 Å². The van der Waals surface area contributed by atoms with Crippen LogP contribution in [0.3, 0.4) is 0 Å². The first kappa shape index (κ1) is 20.5. The molecule has 0 saturated carbocycles. The number of alkyl carbamates (subject to hydrolysis) is 1. The maximum atomic E-state index is 11.8. The average molecular weight is 326 g/mol. The van der Waals surface area contributed by atoms with Crippen molar-refractivity contribution >= 4 is 12.0 Å². The molecule has 0 aliphatic carbocycles. The highest BCUT2D eigenvalue weighted by Crippen LogP contribution is 2.26. The van der Waals surface area contributed by atoms with Gasteiger partial charge in [0.1, 0.15) is 0 Å². The summed E-state index contributed by atoms with van der Waals surface area (Å²) in [5, 5.41) is 4.93. The van der Waals surface area contributed by atoms with Crippen molar-refractivity contribution in [2.45, 2.75) is 59.2 Å². The van der Waals surface area contributed by atoms with Crippen LogP contribution in [0.5, 0.6) is 0 Å². The SMILES string of the molecule is CC(C)(C)CC(C)(C)NC(=O)CCNC(=O)OCC(F)(F)F. The predicted octanol–water partition coefficient (Wildman–Crippen LogP) is 3.00. The molecule has 2 amide bonds. The third-order valence-electron chi connectivity index (χ3n) is 2.44. The van der Waals surface area contributed by atoms with Gasteiger partial charge in [0.2, 0.25) is 5.91 Å². The minimum absolute atomic E-state index is 0.0330. The third-order valence-corrected chi connectivity index (χ3v) is 2.44. The van der Waals surface area contributed by atoms with Crippen LogP contribution in [0.1, 0.15) is 47.5 Å². The van der Waals surface area contributed by atoms with Crippen LogP contribution in [0.15, 0.2) is 0 Å². The molecule has 0 fully saturated rings. The van der Waals surface area contributed by atoms with Gasteiger partial charge in [-0.15, -0.1) is 0 Å². The fraction of sp³-hybridized carbons (Fsp3) is 0.857. The highest BCUT2D eigenvalue weighted by Gasteiger charge is 2.29. The van der Waals surface area contributed by atoms with Crippen molar-refractivity contribution < 1.29 is 27.5 Å². The summed E-state index contributed by atoms with van der Waals surface area (Å²) in [6.45, 7) is 8.21. The lowest BCUT2D eigenvalue weighted by atomic mass is 9.82. The number of nitrogens with one attached hydrogen (secondary N) is 2. The van der Waals surface area contributed by atoms with Crippen LogP contribution in [-0.4, -0.2) is 36.9 Å². The Morgan fingerprint density at radius 3 is 2.05 bits per heavy atom. The summed E-state index contributed by atoms with van der Waals surface area (Å²) in [5.41, 5.74) is -0.372. The first-order valence-electron chi connectivity index (χ1n) is 6.99. The number of halogens is 3. The fourth-order valence-electron chi connectivity index (χ4n) is 2.29. The van der Waals surface area contributed by atoms with Crippen LogP contribution in [0.25, 0.3) is 0 Å². The molecule has 0 aromatic heterocycles. The van der Waals surface area contributed by atoms with Crippen LogP contribution < -0.4 is 10.6 Å². The second-order valence-corrected chi connectivity index (χ2v) is 7.04. The van der Waals surface area contributed by atoms with Crippen molar-refractivity contribution in [1.82, 2.24) is 10.6 Å². The van der Waals surface area contributed by atoms with Gasteiger partial charge in [0.05, 0.1) is 0 Å². The van der Waals surface area contributed by atoms with E-state index in [0.717, 1.165) is 6.42 Å². The predicted molar refractivity (Wildman–Crippen MR) is 76.3 cm³/mol. The number of rotatable bonds is 6. The standard InChI is InChI=1S/C14H25F3N2O3/c1-12(2,3)8-13(4,5)19-10(20)6-7-18-11(21)22-9-14(15,16)17/h6-9H2,1-5H3,(H,18,21)(H,19,20). The fourth-order valence-corrected chi connectivity index (χ4v) is 2.29. The van der Waals surface area contributed by atoms with E-state index in [-0.39, 0.29) is 24.3 Å². The Hall–Kier alpha value is -1.47. The highest BCUT2D eigenvalue weighted by molar-refractivity contribution is 5.77. The van der Waals surface area contributed by atoms with Gasteiger partial charge in [-0.25, -0.2) is 4.79 Å².